The van der Waals surface area contributed by atoms with Crippen molar-refractivity contribution < 1.29 is 9.84 Å². The molecule has 0 heterocycles. The Bertz CT molecular complexity index is 567. The summed E-state index contributed by atoms with van der Waals surface area (Å²) in [5.74, 6) is 1.02. The van der Waals surface area contributed by atoms with Crippen LogP contribution in [0.5, 0.6) is 11.5 Å². The van der Waals surface area contributed by atoms with E-state index in [0.29, 0.717) is 22.5 Å². The highest BCUT2D eigenvalue weighted by atomic mass is 79.9. The molecule has 2 aromatic carbocycles. The van der Waals surface area contributed by atoms with E-state index >= 15 is 0 Å². The second kappa shape index (κ2) is 6.31. The molecule has 0 bridgehead atoms. The van der Waals surface area contributed by atoms with E-state index in [2.05, 4.69) is 15.9 Å². The molecule has 0 aromatic heterocycles. The third-order valence-corrected chi connectivity index (χ3v) is 3.73. The Morgan fingerprint density at radius 2 is 1.89 bits per heavy atom. The van der Waals surface area contributed by atoms with Gasteiger partial charge >= 0.3 is 0 Å². The Morgan fingerprint density at radius 1 is 1.21 bits per heavy atom. The van der Waals surface area contributed by atoms with Crippen LogP contribution < -0.4 is 4.74 Å². The van der Waals surface area contributed by atoms with Crippen LogP contribution in [0.15, 0.2) is 40.9 Å². The quantitative estimate of drug-likeness (QED) is 0.865. The van der Waals surface area contributed by atoms with Crippen LogP contribution >= 0.6 is 27.5 Å². The summed E-state index contributed by atoms with van der Waals surface area (Å²) in [7, 11) is 0. The zero-order valence-electron chi connectivity index (χ0n) is 10.5. The highest BCUT2D eigenvalue weighted by Crippen LogP contribution is 2.31. The first kappa shape index (κ1) is 14.2. The minimum absolute atomic E-state index is 0.153. The maximum atomic E-state index is 9.54. The summed E-state index contributed by atoms with van der Waals surface area (Å²) < 4.78 is 6.05. The summed E-state index contributed by atoms with van der Waals surface area (Å²) in [5.41, 5.74) is 2.11. The Balaban J connectivity index is 2.19. The predicted molar refractivity (Wildman–Crippen MR) is 81.2 cm³/mol. The van der Waals surface area contributed by atoms with E-state index in [1.807, 2.05) is 37.3 Å². The van der Waals surface area contributed by atoms with Crippen LogP contribution in [0.4, 0.5) is 0 Å². The zero-order chi connectivity index (χ0) is 13.8. The van der Waals surface area contributed by atoms with Crippen LogP contribution in [0.2, 0.25) is 5.02 Å². The molecule has 1 N–H and O–H groups in total. The van der Waals surface area contributed by atoms with Crippen molar-refractivity contribution >= 4 is 27.5 Å². The summed E-state index contributed by atoms with van der Waals surface area (Å²) in [5, 5.41) is 10.1. The van der Waals surface area contributed by atoms with Crippen LogP contribution in [0.1, 0.15) is 18.1 Å². The van der Waals surface area contributed by atoms with Gasteiger partial charge in [0.25, 0.3) is 0 Å². The molecule has 4 heteroatoms. The number of hydrogen-bond donors (Lipinski definition) is 1. The minimum Gasteiger partial charge on any atom is -0.507 e. The minimum atomic E-state index is 0.153. The Morgan fingerprint density at radius 3 is 2.53 bits per heavy atom. The molecule has 100 valence electrons. The second-order valence-electron chi connectivity index (χ2n) is 4.15. The number of benzene rings is 2. The number of hydrogen-bond acceptors (Lipinski definition) is 2. The molecule has 19 heavy (non-hydrogen) atoms. The average Bonchev–Trinajstić information content (AvgIpc) is 2.38. The van der Waals surface area contributed by atoms with Crippen LogP contribution in [0.25, 0.3) is 0 Å². The standard InChI is InChI=1S/C15H14BrClO2/c1-2-19-12-5-3-10(4-6-12)7-11-8-13(16)15(18)9-14(11)17/h3-6,8-9,18H,2,7H2,1H3. The molecule has 0 aliphatic carbocycles. The molecule has 0 saturated heterocycles. The number of aromatic hydroxyl groups is 1. The van der Waals surface area contributed by atoms with E-state index in [1.165, 1.54) is 0 Å². The Hall–Kier alpha value is -1.19. The maximum Gasteiger partial charge on any atom is 0.131 e. The topological polar surface area (TPSA) is 29.5 Å². The van der Waals surface area contributed by atoms with Crippen molar-refractivity contribution in [1.29, 1.82) is 0 Å². The van der Waals surface area contributed by atoms with E-state index in [-0.39, 0.29) is 5.75 Å². The van der Waals surface area contributed by atoms with Gasteiger partial charge in [0, 0.05) is 5.02 Å². The van der Waals surface area contributed by atoms with E-state index in [9.17, 15) is 5.11 Å². The van der Waals surface area contributed by atoms with Gasteiger partial charge in [-0.2, -0.15) is 0 Å². The SMILES string of the molecule is CCOc1ccc(Cc2cc(Br)c(O)cc2Cl)cc1. The van der Waals surface area contributed by atoms with Gasteiger partial charge in [0.2, 0.25) is 0 Å². The van der Waals surface area contributed by atoms with Crippen LogP contribution in [-0.2, 0) is 6.42 Å². The largest absolute Gasteiger partial charge is 0.507 e. The van der Waals surface area contributed by atoms with Gasteiger partial charge in [-0.25, -0.2) is 0 Å². The lowest BCUT2D eigenvalue weighted by atomic mass is 10.0. The molecule has 0 fully saturated rings. The molecule has 0 atom stereocenters. The van der Waals surface area contributed by atoms with Crippen molar-refractivity contribution in [1.82, 2.24) is 0 Å². The van der Waals surface area contributed by atoms with Gasteiger partial charge in [-0.1, -0.05) is 23.7 Å². The maximum absolute atomic E-state index is 9.54. The molecule has 0 saturated carbocycles. The molecular weight excluding hydrogens is 328 g/mol. The van der Waals surface area contributed by atoms with Crippen molar-refractivity contribution in [3.63, 3.8) is 0 Å². The summed E-state index contributed by atoms with van der Waals surface area (Å²) >= 11 is 9.42. The monoisotopic (exact) mass is 340 g/mol. The van der Waals surface area contributed by atoms with Crippen LogP contribution in [0, 0.1) is 0 Å². The van der Waals surface area contributed by atoms with E-state index < -0.39 is 0 Å². The number of halogens is 2. The highest BCUT2D eigenvalue weighted by molar-refractivity contribution is 9.10. The molecule has 0 unspecified atom stereocenters. The zero-order valence-corrected chi connectivity index (χ0v) is 12.8. The van der Waals surface area contributed by atoms with Gasteiger partial charge in [0.15, 0.2) is 0 Å². The van der Waals surface area contributed by atoms with Crippen molar-refractivity contribution in [3.8, 4) is 11.5 Å². The van der Waals surface area contributed by atoms with Gasteiger partial charge in [0.1, 0.15) is 11.5 Å². The lowest BCUT2D eigenvalue weighted by molar-refractivity contribution is 0.340. The first-order valence-corrected chi connectivity index (χ1v) is 7.16. The Labute approximate surface area is 126 Å². The normalized spacial score (nSPS) is 10.5. The van der Waals surface area contributed by atoms with E-state index in [4.69, 9.17) is 16.3 Å². The van der Waals surface area contributed by atoms with Gasteiger partial charge in [-0.15, -0.1) is 0 Å². The Kier molecular flexibility index (Phi) is 4.72. The lowest BCUT2D eigenvalue weighted by Gasteiger charge is -2.08. The first-order valence-electron chi connectivity index (χ1n) is 5.98. The fourth-order valence-corrected chi connectivity index (χ4v) is 2.42. The molecule has 0 radical (unpaired) electrons. The third-order valence-electron chi connectivity index (χ3n) is 2.74. The molecule has 2 nitrogen and oxygen atoms in total. The fourth-order valence-electron chi connectivity index (χ4n) is 1.80. The van der Waals surface area contributed by atoms with E-state index in [0.717, 1.165) is 16.9 Å². The molecular formula is C15H14BrClO2. The second-order valence-corrected chi connectivity index (χ2v) is 5.41. The third kappa shape index (κ3) is 3.64. The van der Waals surface area contributed by atoms with Gasteiger partial charge < -0.3 is 9.84 Å². The van der Waals surface area contributed by atoms with Crippen LogP contribution in [-0.4, -0.2) is 11.7 Å². The van der Waals surface area contributed by atoms with E-state index in [1.54, 1.807) is 6.07 Å². The first-order chi connectivity index (χ1) is 9.10. The molecule has 0 aliphatic heterocycles. The fraction of sp³-hybridized carbons (Fsp3) is 0.200. The summed E-state index contributed by atoms with van der Waals surface area (Å²) in [6, 6.07) is 11.3. The van der Waals surface area contributed by atoms with Gasteiger partial charge in [-0.05, 0) is 64.7 Å². The molecule has 0 amide bonds. The predicted octanol–water partition coefficient (Wildman–Crippen LogP) is 4.80. The molecule has 0 aliphatic rings. The summed E-state index contributed by atoms with van der Waals surface area (Å²) in [6.07, 6.45) is 0.712. The van der Waals surface area contributed by atoms with Crippen molar-refractivity contribution in [3.05, 3.63) is 57.0 Å². The summed E-state index contributed by atoms with van der Waals surface area (Å²) in [4.78, 5) is 0. The average molecular weight is 342 g/mol. The van der Waals surface area contributed by atoms with Gasteiger partial charge in [-0.3, -0.25) is 0 Å². The number of phenolic OH excluding ortho intramolecular Hbond substituents is 1. The highest BCUT2D eigenvalue weighted by Gasteiger charge is 2.07. The number of rotatable bonds is 4. The van der Waals surface area contributed by atoms with Crippen LogP contribution in [0.3, 0.4) is 0 Å². The molecule has 0 spiro atoms. The lowest BCUT2D eigenvalue weighted by Crippen LogP contribution is -1.93. The van der Waals surface area contributed by atoms with Crippen molar-refractivity contribution in [2.45, 2.75) is 13.3 Å². The smallest absolute Gasteiger partial charge is 0.131 e. The summed E-state index contributed by atoms with van der Waals surface area (Å²) in [6.45, 7) is 2.62. The number of phenols is 1. The molecule has 2 aromatic rings. The van der Waals surface area contributed by atoms with Crippen molar-refractivity contribution in [2.75, 3.05) is 6.61 Å². The van der Waals surface area contributed by atoms with Gasteiger partial charge in [0.05, 0.1) is 11.1 Å². The van der Waals surface area contributed by atoms with Crippen molar-refractivity contribution in [2.24, 2.45) is 0 Å². The molecule has 2 rings (SSSR count). The number of ether oxygens (including phenoxy) is 1.